The number of hydrogen-bond acceptors (Lipinski definition) is 1. The molecule has 1 aromatic carbocycles. The van der Waals surface area contributed by atoms with E-state index < -0.39 is 6.09 Å². The lowest BCUT2D eigenvalue weighted by Gasteiger charge is -2.02. The molecule has 1 aromatic rings. The van der Waals surface area contributed by atoms with Gasteiger partial charge in [0.25, 0.3) is 0 Å². The van der Waals surface area contributed by atoms with Gasteiger partial charge in [0.2, 0.25) is 0 Å². The molecule has 0 heterocycles. The molecular weight excluding hydrogens is 178 g/mol. The van der Waals surface area contributed by atoms with Crippen molar-refractivity contribution in [1.29, 1.82) is 0 Å². The zero-order valence-electron chi connectivity index (χ0n) is 7.86. The number of hydrogen-bond donors (Lipinski definition) is 2. The summed E-state index contributed by atoms with van der Waals surface area (Å²) in [5.41, 5.74) is 2.14. The van der Waals surface area contributed by atoms with Crippen LogP contribution >= 0.6 is 0 Å². The van der Waals surface area contributed by atoms with Gasteiger partial charge in [0, 0.05) is 6.54 Å². The predicted molar refractivity (Wildman–Crippen MR) is 55.2 cm³/mol. The molecular formula is C11H13NO2. The lowest BCUT2D eigenvalue weighted by atomic mass is 10.1. The molecule has 0 aliphatic rings. The van der Waals surface area contributed by atoms with Crippen LogP contribution in [0.5, 0.6) is 0 Å². The average Bonchev–Trinajstić information content (AvgIpc) is 2.17. The van der Waals surface area contributed by atoms with E-state index in [1.165, 1.54) is 5.56 Å². The molecule has 0 saturated heterocycles. The van der Waals surface area contributed by atoms with Crippen molar-refractivity contribution in [2.75, 3.05) is 0 Å². The third-order valence-electron chi connectivity index (χ3n) is 1.85. The van der Waals surface area contributed by atoms with Crippen LogP contribution in [0.25, 0.3) is 0 Å². The van der Waals surface area contributed by atoms with E-state index in [0.29, 0.717) is 6.54 Å². The van der Waals surface area contributed by atoms with Crippen LogP contribution in [0.15, 0.2) is 36.9 Å². The second kappa shape index (κ2) is 5.07. The summed E-state index contributed by atoms with van der Waals surface area (Å²) in [6.07, 6.45) is 1.68. The van der Waals surface area contributed by atoms with Gasteiger partial charge in [0.15, 0.2) is 0 Å². The summed E-state index contributed by atoms with van der Waals surface area (Å²) in [6, 6.07) is 7.77. The maximum atomic E-state index is 10.2. The molecule has 14 heavy (non-hydrogen) atoms. The third-order valence-corrected chi connectivity index (χ3v) is 1.85. The largest absolute Gasteiger partial charge is 0.465 e. The lowest BCUT2D eigenvalue weighted by molar-refractivity contribution is 0.194. The van der Waals surface area contributed by atoms with Gasteiger partial charge in [-0.2, -0.15) is 0 Å². The van der Waals surface area contributed by atoms with Crippen LogP contribution in [0.4, 0.5) is 4.79 Å². The van der Waals surface area contributed by atoms with Crippen LogP contribution < -0.4 is 5.32 Å². The van der Waals surface area contributed by atoms with E-state index in [0.717, 1.165) is 12.0 Å². The summed E-state index contributed by atoms with van der Waals surface area (Å²) in [4.78, 5) is 10.2. The Kier molecular flexibility index (Phi) is 3.73. The van der Waals surface area contributed by atoms with Gasteiger partial charge in [0.05, 0.1) is 0 Å². The number of nitrogens with one attached hydrogen (secondary N) is 1. The van der Waals surface area contributed by atoms with Gasteiger partial charge in [-0.15, -0.1) is 6.58 Å². The van der Waals surface area contributed by atoms with Crippen molar-refractivity contribution >= 4 is 6.09 Å². The highest BCUT2D eigenvalue weighted by Gasteiger charge is 1.96. The lowest BCUT2D eigenvalue weighted by Crippen LogP contribution is -2.19. The van der Waals surface area contributed by atoms with E-state index in [4.69, 9.17) is 5.11 Å². The van der Waals surface area contributed by atoms with Gasteiger partial charge in [-0.25, -0.2) is 4.79 Å². The number of rotatable bonds is 4. The zero-order valence-corrected chi connectivity index (χ0v) is 7.86. The van der Waals surface area contributed by atoms with E-state index in [-0.39, 0.29) is 0 Å². The van der Waals surface area contributed by atoms with Crippen LogP contribution in [-0.2, 0) is 13.0 Å². The van der Waals surface area contributed by atoms with Gasteiger partial charge in [0.1, 0.15) is 0 Å². The summed E-state index contributed by atoms with van der Waals surface area (Å²) in [7, 11) is 0. The van der Waals surface area contributed by atoms with Gasteiger partial charge in [-0.1, -0.05) is 30.3 Å². The van der Waals surface area contributed by atoms with Crippen molar-refractivity contribution < 1.29 is 9.90 Å². The Labute approximate surface area is 83.1 Å². The SMILES string of the molecule is C=CCc1ccc(CNC(=O)O)cc1. The Morgan fingerprint density at radius 1 is 1.36 bits per heavy atom. The van der Waals surface area contributed by atoms with Crippen LogP contribution in [0.1, 0.15) is 11.1 Å². The highest BCUT2D eigenvalue weighted by atomic mass is 16.4. The zero-order chi connectivity index (χ0) is 10.4. The molecule has 0 fully saturated rings. The van der Waals surface area contributed by atoms with E-state index in [1.807, 2.05) is 30.3 Å². The summed E-state index contributed by atoms with van der Waals surface area (Å²) < 4.78 is 0. The molecule has 2 N–H and O–H groups in total. The molecule has 0 atom stereocenters. The minimum Gasteiger partial charge on any atom is -0.465 e. The number of benzene rings is 1. The summed E-state index contributed by atoms with van der Waals surface area (Å²) >= 11 is 0. The molecule has 1 rings (SSSR count). The maximum absolute atomic E-state index is 10.2. The van der Waals surface area contributed by atoms with Crippen LogP contribution in [0.3, 0.4) is 0 Å². The first-order chi connectivity index (χ1) is 6.72. The van der Waals surface area contributed by atoms with Gasteiger partial charge in [-0.05, 0) is 17.5 Å². The van der Waals surface area contributed by atoms with Crippen molar-refractivity contribution in [2.24, 2.45) is 0 Å². The molecule has 0 radical (unpaired) electrons. The first kappa shape index (κ1) is 10.3. The van der Waals surface area contributed by atoms with Crippen LogP contribution in [0.2, 0.25) is 0 Å². The van der Waals surface area contributed by atoms with E-state index in [2.05, 4.69) is 11.9 Å². The van der Waals surface area contributed by atoms with Crippen molar-refractivity contribution in [1.82, 2.24) is 5.32 Å². The monoisotopic (exact) mass is 191 g/mol. The molecule has 0 saturated carbocycles. The van der Waals surface area contributed by atoms with E-state index in [9.17, 15) is 4.79 Å². The molecule has 0 aliphatic heterocycles. The third kappa shape index (κ3) is 3.31. The van der Waals surface area contributed by atoms with E-state index in [1.54, 1.807) is 0 Å². The molecule has 0 bridgehead atoms. The molecule has 0 spiro atoms. The van der Waals surface area contributed by atoms with Crippen LogP contribution in [0, 0.1) is 0 Å². The fraction of sp³-hybridized carbons (Fsp3) is 0.182. The Balaban J connectivity index is 2.54. The first-order valence-electron chi connectivity index (χ1n) is 4.38. The summed E-state index contributed by atoms with van der Waals surface area (Å²) in [6.45, 7) is 4.00. The summed E-state index contributed by atoms with van der Waals surface area (Å²) in [5, 5.41) is 10.7. The molecule has 3 heteroatoms. The minimum atomic E-state index is -1.000. The van der Waals surface area contributed by atoms with Crippen LogP contribution in [-0.4, -0.2) is 11.2 Å². The smallest absolute Gasteiger partial charge is 0.404 e. The van der Waals surface area contributed by atoms with Gasteiger partial charge >= 0.3 is 6.09 Å². The number of allylic oxidation sites excluding steroid dienone is 1. The predicted octanol–water partition coefficient (Wildman–Crippen LogP) is 2.18. The van der Waals surface area contributed by atoms with E-state index >= 15 is 0 Å². The summed E-state index contributed by atoms with van der Waals surface area (Å²) in [5.74, 6) is 0. The molecule has 0 aromatic heterocycles. The topological polar surface area (TPSA) is 49.3 Å². The fourth-order valence-corrected chi connectivity index (χ4v) is 1.14. The number of carbonyl (C=O) groups is 1. The number of carboxylic acid groups (broad SMARTS) is 1. The van der Waals surface area contributed by atoms with Gasteiger partial charge < -0.3 is 10.4 Å². The Bertz CT molecular complexity index is 317. The van der Waals surface area contributed by atoms with Crippen molar-refractivity contribution in [3.05, 3.63) is 48.0 Å². The Morgan fingerprint density at radius 3 is 2.43 bits per heavy atom. The number of amides is 1. The molecule has 3 nitrogen and oxygen atoms in total. The second-order valence-corrected chi connectivity index (χ2v) is 2.97. The maximum Gasteiger partial charge on any atom is 0.404 e. The quantitative estimate of drug-likeness (QED) is 0.716. The fourth-order valence-electron chi connectivity index (χ4n) is 1.14. The van der Waals surface area contributed by atoms with Gasteiger partial charge in [-0.3, -0.25) is 0 Å². The molecule has 1 amide bonds. The standard InChI is InChI=1S/C11H13NO2/c1-2-3-9-4-6-10(7-5-9)8-12-11(13)14/h2,4-7,12H,1,3,8H2,(H,13,14). The normalized spacial score (nSPS) is 9.43. The highest BCUT2D eigenvalue weighted by Crippen LogP contribution is 2.05. The average molecular weight is 191 g/mol. The minimum absolute atomic E-state index is 0.351. The van der Waals surface area contributed by atoms with Crippen molar-refractivity contribution in [2.45, 2.75) is 13.0 Å². The van der Waals surface area contributed by atoms with Crippen molar-refractivity contribution in [3.8, 4) is 0 Å². The second-order valence-electron chi connectivity index (χ2n) is 2.97. The Morgan fingerprint density at radius 2 is 1.93 bits per heavy atom. The first-order valence-corrected chi connectivity index (χ1v) is 4.38. The van der Waals surface area contributed by atoms with Crippen molar-refractivity contribution in [3.63, 3.8) is 0 Å². The molecule has 0 unspecified atom stereocenters. The molecule has 74 valence electrons. The highest BCUT2D eigenvalue weighted by molar-refractivity contribution is 5.64. The molecule has 0 aliphatic carbocycles. The Hall–Kier alpha value is -1.77.